The Kier molecular flexibility index (Phi) is 6.73. The van der Waals surface area contributed by atoms with Crippen LogP contribution in [0.3, 0.4) is 0 Å². The van der Waals surface area contributed by atoms with Gasteiger partial charge in [-0.25, -0.2) is 8.42 Å². The van der Waals surface area contributed by atoms with Gasteiger partial charge in [-0.3, -0.25) is 14.8 Å². The van der Waals surface area contributed by atoms with E-state index in [0.717, 1.165) is 49.7 Å². The number of nitrogens with one attached hydrogen (secondary N) is 1. The molecule has 2 aromatic heterocycles. The first-order valence-corrected chi connectivity index (χ1v) is 11.2. The number of ether oxygens (including phenoxy) is 1. The van der Waals surface area contributed by atoms with Crippen LogP contribution in [0.15, 0.2) is 28.8 Å². The van der Waals surface area contributed by atoms with E-state index in [2.05, 4.69) is 15.1 Å². The molecule has 2 aliphatic rings. The first-order chi connectivity index (χ1) is 13.8. The van der Waals surface area contributed by atoms with Crippen LogP contribution in [0, 0.1) is 0 Å². The Morgan fingerprint density at radius 1 is 1.28 bits per heavy atom. The standard InChI is InChI=1S/C17H24N4O4S.CH2O2/c1-26(22,23)21-10-11-24-17(13-21)5-8-20(9-6-17)12-14-2-3-16(25-14)15-4-7-18-19-15;2-1-3/h2-4,7H,5-6,8-13H2,1H3,(H,18,19);1H,(H,2,3). The van der Waals surface area contributed by atoms with Gasteiger partial charge in [0.1, 0.15) is 11.5 Å². The van der Waals surface area contributed by atoms with Crippen LogP contribution < -0.4 is 0 Å². The molecule has 2 fully saturated rings. The number of likely N-dealkylation sites (tertiary alicyclic amines) is 1. The Labute approximate surface area is 169 Å². The average molecular weight is 426 g/mol. The van der Waals surface area contributed by atoms with Crippen molar-refractivity contribution in [3.63, 3.8) is 0 Å². The summed E-state index contributed by atoms with van der Waals surface area (Å²) in [7, 11) is -3.17. The fraction of sp³-hybridized carbons (Fsp3) is 0.556. The molecule has 2 N–H and O–H groups in total. The fourth-order valence-electron chi connectivity index (χ4n) is 3.74. The lowest BCUT2D eigenvalue weighted by molar-refractivity contribution is -0.122. The van der Waals surface area contributed by atoms with Gasteiger partial charge in [-0.15, -0.1) is 0 Å². The zero-order valence-electron chi connectivity index (χ0n) is 16.3. The first kappa shape index (κ1) is 21.5. The maximum Gasteiger partial charge on any atom is 0.290 e. The van der Waals surface area contributed by atoms with E-state index in [1.807, 2.05) is 18.2 Å². The average Bonchev–Trinajstić information content (AvgIpc) is 3.36. The van der Waals surface area contributed by atoms with E-state index >= 15 is 0 Å². The van der Waals surface area contributed by atoms with Gasteiger partial charge < -0.3 is 14.3 Å². The number of furan rings is 1. The van der Waals surface area contributed by atoms with Crippen LogP contribution in [0.5, 0.6) is 0 Å². The van der Waals surface area contributed by atoms with Gasteiger partial charge in [-0.2, -0.15) is 9.40 Å². The number of hydrogen-bond donors (Lipinski definition) is 2. The minimum absolute atomic E-state index is 0.250. The molecule has 0 amide bonds. The second-order valence-corrected chi connectivity index (χ2v) is 9.23. The summed E-state index contributed by atoms with van der Waals surface area (Å²) in [5.74, 6) is 1.69. The smallest absolute Gasteiger partial charge is 0.290 e. The molecule has 4 rings (SSSR count). The van der Waals surface area contributed by atoms with E-state index in [9.17, 15) is 8.42 Å². The van der Waals surface area contributed by atoms with Crippen LogP contribution >= 0.6 is 0 Å². The summed E-state index contributed by atoms with van der Waals surface area (Å²) in [6, 6.07) is 5.81. The quantitative estimate of drug-likeness (QED) is 0.693. The molecular weight excluding hydrogens is 400 g/mol. The molecule has 0 radical (unpaired) electrons. The molecule has 0 bridgehead atoms. The molecule has 4 heterocycles. The summed E-state index contributed by atoms with van der Waals surface area (Å²) in [5, 5.41) is 13.7. The van der Waals surface area contributed by atoms with Crippen molar-refractivity contribution in [2.75, 3.05) is 39.0 Å². The number of sulfonamides is 1. The number of rotatable bonds is 4. The Balaban J connectivity index is 0.000000755. The number of hydrogen-bond acceptors (Lipinski definition) is 7. The highest BCUT2D eigenvalue weighted by molar-refractivity contribution is 7.88. The molecule has 1 spiro atoms. The van der Waals surface area contributed by atoms with Gasteiger partial charge in [0.05, 0.1) is 25.0 Å². The minimum Gasteiger partial charge on any atom is -0.483 e. The van der Waals surface area contributed by atoms with Crippen LogP contribution in [0.2, 0.25) is 0 Å². The first-order valence-electron chi connectivity index (χ1n) is 9.33. The molecule has 0 atom stereocenters. The normalized spacial score (nSPS) is 20.2. The van der Waals surface area contributed by atoms with E-state index in [1.165, 1.54) is 6.26 Å². The van der Waals surface area contributed by atoms with Crippen molar-refractivity contribution in [2.24, 2.45) is 0 Å². The van der Waals surface area contributed by atoms with Gasteiger partial charge in [-0.1, -0.05) is 0 Å². The van der Waals surface area contributed by atoms with Crippen LogP contribution in [-0.2, 0) is 26.1 Å². The van der Waals surface area contributed by atoms with Crippen molar-refractivity contribution in [3.8, 4) is 11.5 Å². The fourth-order valence-corrected chi connectivity index (χ4v) is 4.61. The molecule has 0 aliphatic carbocycles. The molecule has 0 unspecified atom stereocenters. The van der Waals surface area contributed by atoms with Crippen molar-refractivity contribution in [1.82, 2.24) is 19.4 Å². The summed E-state index contributed by atoms with van der Waals surface area (Å²) in [4.78, 5) is 10.7. The molecule has 0 saturated carbocycles. The van der Waals surface area contributed by atoms with Gasteiger partial charge in [0.2, 0.25) is 10.0 Å². The highest BCUT2D eigenvalue weighted by atomic mass is 32.2. The van der Waals surface area contributed by atoms with Gasteiger partial charge in [0, 0.05) is 32.4 Å². The summed E-state index contributed by atoms with van der Waals surface area (Å²) >= 11 is 0. The lowest BCUT2D eigenvalue weighted by Gasteiger charge is -2.46. The third-order valence-corrected chi connectivity index (χ3v) is 6.51. The summed E-state index contributed by atoms with van der Waals surface area (Å²) in [5.41, 5.74) is 0.521. The number of carboxylic acid groups (broad SMARTS) is 1. The van der Waals surface area contributed by atoms with Gasteiger partial charge in [-0.05, 0) is 31.0 Å². The number of aromatic amines is 1. The van der Waals surface area contributed by atoms with Crippen molar-refractivity contribution in [2.45, 2.75) is 25.0 Å². The van der Waals surface area contributed by atoms with Crippen molar-refractivity contribution in [3.05, 3.63) is 30.2 Å². The number of nitrogens with zero attached hydrogens (tertiary/aromatic N) is 3. The van der Waals surface area contributed by atoms with Crippen LogP contribution in [0.1, 0.15) is 18.6 Å². The highest BCUT2D eigenvalue weighted by Crippen LogP contribution is 2.32. The third kappa shape index (κ3) is 5.44. The van der Waals surface area contributed by atoms with E-state index in [0.29, 0.717) is 19.7 Å². The number of carbonyl (C=O) groups is 1. The zero-order valence-corrected chi connectivity index (χ0v) is 17.1. The number of piperidine rings is 1. The Morgan fingerprint density at radius 2 is 2.00 bits per heavy atom. The largest absolute Gasteiger partial charge is 0.483 e. The topological polar surface area (TPSA) is 129 Å². The lowest BCUT2D eigenvalue weighted by Crippen LogP contribution is -2.57. The summed E-state index contributed by atoms with van der Waals surface area (Å²) < 4.78 is 37.2. The third-order valence-electron chi connectivity index (χ3n) is 5.26. The second-order valence-electron chi connectivity index (χ2n) is 7.25. The molecule has 0 aromatic carbocycles. The number of morpholine rings is 1. The number of aromatic nitrogens is 2. The summed E-state index contributed by atoms with van der Waals surface area (Å²) in [6.07, 6.45) is 4.63. The van der Waals surface area contributed by atoms with Crippen molar-refractivity contribution >= 4 is 16.5 Å². The molecule has 160 valence electrons. The highest BCUT2D eigenvalue weighted by Gasteiger charge is 2.41. The molecule has 29 heavy (non-hydrogen) atoms. The van der Waals surface area contributed by atoms with Crippen molar-refractivity contribution < 1.29 is 27.5 Å². The van der Waals surface area contributed by atoms with E-state index < -0.39 is 10.0 Å². The Bertz CT molecular complexity index is 887. The Hall–Kier alpha value is -2.21. The lowest BCUT2D eigenvalue weighted by atomic mass is 9.90. The van der Waals surface area contributed by atoms with E-state index in [4.69, 9.17) is 19.1 Å². The molecular formula is C18H26N4O6S. The molecule has 2 aliphatic heterocycles. The summed E-state index contributed by atoms with van der Waals surface area (Å²) in [6.45, 7) is 3.59. The van der Waals surface area contributed by atoms with Gasteiger partial charge in [0.25, 0.3) is 6.47 Å². The maximum absolute atomic E-state index is 11.9. The van der Waals surface area contributed by atoms with Crippen LogP contribution in [-0.4, -0.2) is 84.0 Å². The minimum atomic E-state index is -3.17. The molecule has 10 nitrogen and oxygen atoms in total. The van der Waals surface area contributed by atoms with Crippen LogP contribution in [0.25, 0.3) is 11.5 Å². The predicted octanol–water partition coefficient (Wildman–Crippen LogP) is 0.997. The monoisotopic (exact) mass is 426 g/mol. The van der Waals surface area contributed by atoms with Gasteiger partial charge >= 0.3 is 0 Å². The predicted molar refractivity (Wildman–Crippen MR) is 105 cm³/mol. The molecule has 11 heteroatoms. The number of H-pyrrole nitrogens is 1. The maximum atomic E-state index is 11.9. The van der Waals surface area contributed by atoms with Crippen molar-refractivity contribution in [1.29, 1.82) is 0 Å². The molecule has 2 saturated heterocycles. The van der Waals surface area contributed by atoms with Gasteiger partial charge in [0.15, 0.2) is 5.76 Å². The zero-order chi connectivity index (χ0) is 20.9. The SMILES string of the molecule is CS(=O)(=O)N1CCOC2(CCN(Cc3ccc(-c4ccn[nH]4)o3)CC2)C1.O=CO. The Morgan fingerprint density at radius 3 is 2.62 bits per heavy atom. The van der Waals surface area contributed by atoms with E-state index in [-0.39, 0.29) is 12.1 Å². The van der Waals surface area contributed by atoms with Crippen LogP contribution in [0.4, 0.5) is 0 Å². The second kappa shape index (κ2) is 9.08. The van der Waals surface area contributed by atoms with E-state index in [1.54, 1.807) is 10.5 Å². The molecule has 2 aromatic rings.